The molecule has 2 aliphatic rings. The van der Waals surface area contributed by atoms with E-state index >= 15 is 0 Å². The van der Waals surface area contributed by atoms with Crippen molar-refractivity contribution in [3.63, 3.8) is 0 Å². The highest BCUT2D eigenvalue weighted by Gasteiger charge is 2.26. The Morgan fingerprint density at radius 2 is 1.34 bits per heavy atom. The van der Waals surface area contributed by atoms with E-state index < -0.39 is 0 Å². The van der Waals surface area contributed by atoms with Crippen molar-refractivity contribution in [3.05, 3.63) is 151 Å². The Labute approximate surface area is 262 Å². The zero-order valence-electron chi connectivity index (χ0n) is 23.8. The molecule has 0 fully saturated rings. The molecule has 2 bridgehead atoms. The van der Waals surface area contributed by atoms with Gasteiger partial charge in [-0.15, -0.1) is 22.7 Å². The standard InChI is InChI=1S/C41H25NS2/c1-24-9-8-10-26-23-25(27-19-22-37-40(38(26)27)31-13-4-7-16-36(31)43-37)17-20-32(24)42-33-14-5-2-12-30(33)39-34(42)21-18-29-28-11-3-6-15-35(28)44-41(29)39/h2-22H,1,23H2/b9-8-,25-17+,26-10+,32-20+. The number of allylic oxidation sites excluding steroid dienone is 9. The molecule has 0 atom stereocenters. The van der Waals surface area contributed by atoms with E-state index in [-0.39, 0.29) is 0 Å². The van der Waals surface area contributed by atoms with Crippen LogP contribution in [0.1, 0.15) is 17.5 Å². The van der Waals surface area contributed by atoms with Gasteiger partial charge in [-0.3, -0.25) is 0 Å². The molecule has 8 aromatic rings. The van der Waals surface area contributed by atoms with Crippen LogP contribution in [0.25, 0.3) is 79.0 Å². The van der Waals surface area contributed by atoms with Crippen molar-refractivity contribution in [1.82, 2.24) is 4.57 Å². The Balaban J connectivity index is 1.25. The topological polar surface area (TPSA) is 4.93 Å². The number of fused-ring (bicyclic) bond motifs is 16. The summed E-state index contributed by atoms with van der Waals surface area (Å²) in [4.78, 5) is 0. The first-order chi connectivity index (χ1) is 21.7. The molecule has 1 nitrogen and oxygen atoms in total. The second-order valence-electron chi connectivity index (χ2n) is 11.7. The first-order valence-corrected chi connectivity index (χ1v) is 16.6. The van der Waals surface area contributed by atoms with Crippen molar-refractivity contribution in [2.75, 3.05) is 0 Å². The summed E-state index contributed by atoms with van der Waals surface area (Å²) in [5.41, 5.74) is 10.00. The van der Waals surface area contributed by atoms with Crippen molar-refractivity contribution in [2.24, 2.45) is 0 Å². The third-order valence-corrected chi connectivity index (χ3v) is 11.7. The van der Waals surface area contributed by atoms with E-state index in [1.165, 1.54) is 84.4 Å². The monoisotopic (exact) mass is 595 g/mol. The molecule has 0 saturated heterocycles. The smallest absolute Gasteiger partial charge is 0.0556 e. The second kappa shape index (κ2) is 9.03. The lowest BCUT2D eigenvalue weighted by molar-refractivity contribution is 1.22. The van der Waals surface area contributed by atoms with Gasteiger partial charge in [0.2, 0.25) is 0 Å². The number of hydrogen-bond donors (Lipinski definition) is 0. The van der Waals surface area contributed by atoms with Gasteiger partial charge >= 0.3 is 0 Å². The molecule has 0 aliphatic heterocycles. The van der Waals surface area contributed by atoms with Crippen LogP contribution in [-0.4, -0.2) is 4.57 Å². The summed E-state index contributed by atoms with van der Waals surface area (Å²) in [5.74, 6) is 0. The molecule has 3 heterocycles. The van der Waals surface area contributed by atoms with Crippen LogP contribution in [0.3, 0.4) is 0 Å². The first kappa shape index (κ1) is 24.5. The highest BCUT2D eigenvalue weighted by atomic mass is 32.1. The third-order valence-electron chi connectivity index (χ3n) is 9.38. The van der Waals surface area contributed by atoms with Gasteiger partial charge in [-0.05, 0) is 70.7 Å². The van der Waals surface area contributed by atoms with Gasteiger partial charge in [0, 0.05) is 51.1 Å². The fraction of sp³-hybridized carbons (Fsp3) is 0.0244. The van der Waals surface area contributed by atoms with Crippen LogP contribution in [0.5, 0.6) is 0 Å². The van der Waals surface area contributed by atoms with E-state index in [1.54, 1.807) is 0 Å². The Bertz CT molecular complexity index is 2700. The van der Waals surface area contributed by atoms with Crippen molar-refractivity contribution in [1.29, 1.82) is 0 Å². The molecule has 3 aromatic heterocycles. The van der Waals surface area contributed by atoms with Crippen molar-refractivity contribution < 1.29 is 0 Å². The third kappa shape index (κ3) is 3.28. The number of hydrogen-bond acceptors (Lipinski definition) is 2. The molecule has 0 unspecified atom stereocenters. The van der Waals surface area contributed by atoms with E-state index in [0.29, 0.717) is 0 Å². The minimum atomic E-state index is 0.925. The Morgan fingerprint density at radius 1 is 0.568 bits per heavy atom. The zero-order chi connectivity index (χ0) is 28.9. The number of nitrogens with zero attached hydrogens (tertiary/aromatic N) is 1. The Kier molecular flexibility index (Phi) is 5.02. The molecule has 3 heteroatoms. The van der Waals surface area contributed by atoms with Crippen LogP contribution in [0.15, 0.2) is 140 Å². The maximum absolute atomic E-state index is 4.61. The molecule has 5 aromatic carbocycles. The second-order valence-corrected chi connectivity index (χ2v) is 13.9. The van der Waals surface area contributed by atoms with Gasteiger partial charge < -0.3 is 4.57 Å². The summed E-state index contributed by atoms with van der Waals surface area (Å²) in [6.45, 7) is 4.61. The molecular formula is C41H25NS2. The fourth-order valence-electron chi connectivity index (χ4n) is 7.46. The maximum Gasteiger partial charge on any atom is 0.0556 e. The highest BCUT2D eigenvalue weighted by molar-refractivity contribution is 7.27. The SMILES string of the molecule is C=C1/C=C\C=C2/C/C(=C\C=C/1n1c3ccccc3c3c4sc5ccccc5c4ccc31)c1ccc3sc4ccccc4c3c12. The van der Waals surface area contributed by atoms with Crippen LogP contribution in [-0.2, 0) is 0 Å². The van der Waals surface area contributed by atoms with Gasteiger partial charge in [0.25, 0.3) is 0 Å². The Morgan fingerprint density at radius 3 is 2.23 bits per heavy atom. The summed E-state index contributed by atoms with van der Waals surface area (Å²) in [7, 11) is 0. The molecule has 0 spiro atoms. The average Bonchev–Trinajstić information content (AvgIpc) is 3.80. The molecule has 0 saturated carbocycles. The van der Waals surface area contributed by atoms with Gasteiger partial charge in [-0.25, -0.2) is 0 Å². The van der Waals surface area contributed by atoms with Crippen LogP contribution < -0.4 is 0 Å². The Hall–Kier alpha value is -4.96. The van der Waals surface area contributed by atoms with E-state index in [9.17, 15) is 0 Å². The summed E-state index contributed by atoms with van der Waals surface area (Å²) in [5, 5.41) is 8.01. The minimum Gasteiger partial charge on any atom is -0.309 e. The fourth-order valence-corrected chi connectivity index (χ4v) is 9.84. The summed E-state index contributed by atoms with van der Waals surface area (Å²) < 4.78 is 7.81. The lowest BCUT2D eigenvalue weighted by Gasteiger charge is -2.13. The summed E-state index contributed by atoms with van der Waals surface area (Å²) in [6, 6.07) is 35.7. The van der Waals surface area contributed by atoms with Crippen LogP contribution in [0, 0.1) is 0 Å². The van der Waals surface area contributed by atoms with Crippen LogP contribution in [0.4, 0.5) is 0 Å². The lowest BCUT2D eigenvalue weighted by atomic mass is 9.99. The quantitative estimate of drug-likeness (QED) is 0.178. The predicted octanol–water partition coefficient (Wildman–Crippen LogP) is 12.4. The average molecular weight is 596 g/mol. The molecule has 0 amide bonds. The van der Waals surface area contributed by atoms with Crippen molar-refractivity contribution in [2.45, 2.75) is 6.42 Å². The van der Waals surface area contributed by atoms with Gasteiger partial charge in [-0.1, -0.05) is 97.6 Å². The normalized spacial score (nSPS) is 19.4. The molecule has 0 radical (unpaired) electrons. The van der Waals surface area contributed by atoms with Crippen LogP contribution >= 0.6 is 22.7 Å². The minimum absolute atomic E-state index is 0.925. The molecular weight excluding hydrogens is 571 g/mol. The van der Waals surface area contributed by atoms with Crippen molar-refractivity contribution >= 4 is 102 Å². The first-order valence-electron chi connectivity index (χ1n) is 15.0. The molecule has 0 N–H and O–H groups in total. The molecule has 206 valence electrons. The molecule has 2 aliphatic carbocycles. The number of para-hydroxylation sites is 1. The van der Waals surface area contributed by atoms with Gasteiger partial charge in [0.05, 0.1) is 16.7 Å². The van der Waals surface area contributed by atoms with Crippen LogP contribution in [0.2, 0.25) is 0 Å². The van der Waals surface area contributed by atoms with E-state index in [2.05, 4.69) is 139 Å². The highest BCUT2D eigenvalue weighted by Crippen LogP contribution is 2.49. The van der Waals surface area contributed by atoms with Gasteiger partial charge in [0.1, 0.15) is 0 Å². The summed E-state index contributed by atoms with van der Waals surface area (Å²) in [6.07, 6.45) is 12.3. The summed E-state index contributed by atoms with van der Waals surface area (Å²) >= 11 is 3.79. The number of benzene rings is 5. The zero-order valence-corrected chi connectivity index (χ0v) is 25.4. The van der Waals surface area contributed by atoms with Gasteiger partial charge in [0.15, 0.2) is 0 Å². The van der Waals surface area contributed by atoms with E-state index in [1.807, 2.05) is 22.7 Å². The largest absolute Gasteiger partial charge is 0.309 e. The maximum atomic E-state index is 4.61. The lowest BCUT2D eigenvalue weighted by Crippen LogP contribution is -1.98. The number of rotatable bonds is 1. The van der Waals surface area contributed by atoms with E-state index in [4.69, 9.17) is 0 Å². The predicted molar refractivity (Wildman–Crippen MR) is 195 cm³/mol. The van der Waals surface area contributed by atoms with Gasteiger partial charge in [-0.2, -0.15) is 0 Å². The van der Waals surface area contributed by atoms with Crippen molar-refractivity contribution in [3.8, 4) is 0 Å². The molecule has 10 rings (SSSR count). The van der Waals surface area contributed by atoms with E-state index in [0.717, 1.165) is 17.7 Å². The number of aromatic nitrogens is 1. The molecule has 44 heavy (non-hydrogen) atoms. The number of thiophene rings is 2.